The minimum Gasteiger partial charge on any atom is -0.280 e. The quantitative estimate of drug-likeness (QED) is 0.405. The van der Waals surface area contributed by atoms with Crippen LogP contribution in [0, 0.1) is 0 Å². The van der Waals surface area contributed by atoms with Gasteiger partial charge < -0.3 is 0 Å². The lowest BCUT2D eigenvalue weighted by Crippen LogP contribution is -2.12. The minimum absolute atomic E-state index is 0.181. The number of nitrogens with one attached hydrogen (secondary N) is 2. The Morgan fingerprint density at radius 3 is 1.47 bits per heavy atom. The molecule has 0 aromatic heterocycles. The number of hydrogen-bond donors (Lipinski definition) is 2. The first kappa shape index (κ1) is 21.6. The highest BCUT2D eigenvalue weighted by Gasteiger charge is 2.15. The number of hydrogen-bond acceptors (Lipinski definition) is 4. The predicted octanol–water partition coefficient (Wildman–Crippen LogP) is 4.96. The molecule has 0 spiro atoms. The highest BCUT2D eigenvalue weighted by atomic mass is 32.2. The van der Waals surface area contributed by atoms with E-state index in [9.17, 15) is 16.8 Å². The average molecular weight is 465 g/mol. The number of benzene rings is 4. The normalized spacial score (nSPS) is 11.6. The highest BCUT2D eigenvalue weighted by molar-refractivity contribution is 7.93. The molecule has 0 fully saturated rings. The molecule has 0 saturated heterocycles. The monoisotopic (exact) mass is 464 g/mol. The lowest BCUT2D eigenvalue weighted by Gasteiger charge is -2.11. The fourth-order valence-electron chi connectivity index (χ4n) is 3.12. The summed E-state index contributed by atoms with van der Waals surface area (Å²) in [5, 5.41) is 0. The maximum Gasteiger partial charge on any atom is 0.261 e. The summed E-state index contributed by atoms with van der Waals surface area (Å²) in [4.78, 5) is 0.364. The molecule has 0 saturated carbocycles. The number of rotatable bonds is 7. The van der Waals surface area contributed by atoms with Crippen molar-refractivity contribution in [1.82, 2.24) is 0 Å². The summed E-state index contributed by atoms with van der Waals surface area (Å²) in [5.74, 6) is 0. The van der Waals surface area contributed by atoms with Crippen LogP contribution in [0.15, 0.2) is 119 Å². The Hall–Kier alpha value is -3.62. The average Bonchev–Trinajstić information content (AvgIpc) is 2.80. The van der Waals surface area contributed by atoms with Gasteiger partial charge in [-0.3, -0.25) is 9.44 Å². The standard InChI is InChI=1S/C24H20N2O4S2/c27-31(28,23-10-3-1-4-11-23)25-21-16-14-19(15-17-21)20-8-7-9-22(18-20)26-32(29,30)24-12-5-2-6-13-24/h1-18,25-26H. The Kier molecular flexibility index (Phi) is 5.98. The van der Waals surface area contributed by atoms with Gasteiger partial charge in [0, 0.05) is 11.4 Å². The third-order valence-corrected chi connectivity index (χ3v) is 7.49. The molecule has 0 unspecified atom stereocenters. The Labute approximate surface area is 187 Å². The maximum absolute atomic E-state index is 12.6. The molecule has 4 aromatic carbocycles. The molecule has 0 atom stereocenters. The van der Waals surface area contributed by atoms with Crippen molar-refractivity contribution in [3.05, 3.63) is 109 Å². The van der Waals surface area contributed by atoms with E-state index in [1.165, 1.54) is 24.3 Å². The zero-order chi connectivity index (χ0) is 22.6. The summed E-state index contributed by atoms with van der Waals surface area (Å²) in [6.45, 7) is 0. The molecule has 0 bridgehead atoms. The van der Waals surface area contributed by atoms with Crippen LogP contribution < -0.4 is 9.44 Å². The van der Waals surface area contributed by atoms with Crippen LogP contribution in [0.4, 0.5) is 11.4 Å². The molecule has 0 heterocycles. The van der Waals surface area contributed by atoms with Crippen LogP contribution in [0.3, 0.4) is 0 Å². The fourth-order valence-corrected chi connectivity index (χ4v) is 5.27. The van der Waals surface area contributed by atoms with E-state index in [0.29, 0.717) is 11.4 Å². The van der Waals surface area contributed by atoms with Gasteiger partial charge in [-0.1, -0.05) is 60.7 Å². The predicted molar refractivity (Wildman–Crippen MR) is 126 cm³/mol. The van der Waals surface area contributed by atoms with E-state index in [0.717, 1.165) is 11.1 Å². The van der Waals surface area contributed by atoms with Gasteiger partial charge in [0.2, 0.25) is 0 Å². The number of anilines is 2. The van der Waals surface area contributed by atoms with Gasteiger partial charge in [0.1, 0.15) is 0 Å². The second-order valence-corrected chi connectivity index (χ2v) is 10.4. The van der Waals surface area contributed by atoms with E-state index in [-0.39, 0.29) is 9.79 Å². The van der Waals surface area contributed by atoms with E-state index >= 15 is 0 Å². The summed E-state index contributed by atoms with van der Waals surface area (Å²) in [6, 6.07) is 30.1. The summed E-state index contributed by atoms with van der Waals surface area (Å²) in [7, 11) is -7.36. The molecule has 0 radical (unpaired) electrons. The van der Waals surface area contributed by atoms with Crippen LogP contribution in [0.25, 0.3) is 11.1 Å². The van der Waals surface area contributed by atoms with Gasteiger partial charge >= 0.3 is 0 Å². The van der Waals surface area contributed by atoms with Crippen LogP contribution >= 0.6 is 0 Å². The third kappa shape index (κ3) is 4.99. The highest BCUT2D eigenvalue weighted by Crippen LogP contribution is 2.26. The summed E-state index contributed by atoms with van der Waals surface area (Å²) < 4.78 is 55.2. The summed E-state index contributed by atoms with van der Waals surface area (Å²) in [6.07, 6.45) is 0. The summed E-state index contributed by atoms with van der Waals surface area (Å²) >= 11 is 0. The zero-order valence-electron chi connectivity index (χ0n) is 16.8. The Morgan fingerprint density at radius 1 is 0.438 bits per heavy atom. The van der Waals surface area contributed by atoms with Crippen molar-refractivity contribution in [3.63, 3.8) is 0 Å². The molecule has 0 aliphatic rings. The first-order valence-corrected chi connectivity index (χ1v) is 12.7. The molecule has 0 aliphatic heterocycles. The van der Waals surface area contributed by atoms with Gasteiger partial charge in [-0.15, -0.1) is 0 Å². The van der Waals surface area contributed by atoms with Crippen LogP contribution in [-0.4, -0.2) is 16.8 Å². The Balaban J connectivity index is 1.53. The minimum atomic E-state index is -3.69. The van der Waals surface area contributed by atoms with Crippen molar-refractivity contribution in [2.24, 2.45) is 0 Å². The van der Waals surface area contributed by atoms with Crippen molar-refractivity contribution >= 4 is 31.4 Å². The molecule has 0 amide bonds. The van der Waals surface area contributed by atoms with Crippen molar-refractivity contribution in [2.75, 3.05) is 9.44 Å². The van der Waals surface area contributed by atoms with E-state index in [1.54, 1.807) is 78.9 Å². The molecule has 32 heavy (non-hydrogen) atoms. The first-order chi connectivity index (χ1) is 15.3. The van der Waals surface area contributed by atoms with Crippen molar-refractivity contribution < 1.29 is 16.8 Å². The summed E-state index contributed by atoms with van der Waals surface area (Å²) in [5.41, 5.74) is 2.46. The van der Waals surface area contributed by atoms with Gasteiger partial charge in [0.05, 0.1) is 9.79 Å². The van der Waals surface area contributed by atoms with Crippen LogP contribution in [-0.2, 0) is 20.0 Å². The van der Waals surface area contributed by atoms with Gasteiger partial charge in [-0.05, 0) is 59.7 Å². The van der Waals surface area contributed by atoms with Gasteiger partial charge in [-0.2, -0.15) is 0 Å². The molecular formula is C24H20N2O4S2. The SMILES string of the molecule is O=S(=O)(Nc1ccc(-c2cccc(NS(=O)(=O)c3ccccc3)c2)cc1)c1ccccc1. The largest absolute Gasteiger partial charge is 0.280 e. The van der Waals surface area contributed by atoms with E-state index < -0.39 is 20.0 Å². The van der Waals surface area contributed by atoms with E-state index in [1.807, 2.05) is 6.07 Å². The van der Waals surface area contributed by atoms with Gasteiger partial charge in [-0.25, -0.2) is 16.8 Å². The molecular weight excluding hydrogens is 444 g/mol. The first-order valence-electron chi connectivity index (χ1n) is 9.70. The van der Waals surface area contributed by atoms with Gasteiger partial charge in [0.15, 0.2) is 0 Å². The molecule has 4 aromatic rings. The lowest BCUT2D eigenvalue weighted by molar-refractivity contribution is 0.599. The molecule has 8 heteroatoms. The maximum atomic E-state index is 12.6. The van der Waals surface area contributed by atoms with Gasteiger partial charge in [0.25, 0.3) is 20.0 Å². The molecule has 4 rings (SSSR count). The zero-order valence-corrected chi connectivity index (χ0v) is 18.5. The van der Waals surface area contributed by atoms with Crippen molar-refractivity contribution in [1.29, 1.82) is 0 Å². The smallest absolute Gasteiger partial charge is 0.261 e. The Morgan fingerprint density at radius 2 is 0.938 bits per heavy atom. The van der Waals surface area contributed by atoms with Crippen LogP contribution in [0.5, 0.6) is 0 Å². The van der Waals surface area contributed by atoms with Crippen LogP contribution in [0.2, 0.25) is 0 Å². The second-order valence-electron chi connectivity index (χ2n) is 7.00. The lowest BCUT2D eigenvalue weighted by atomic mass is 10.1. The molecule has 162 valence electrons. The third-order valence-electron chi connectivity index (χ3n) is 4.69. The molecule has 2 N–H and O–H groups in total. The number of sulfonamides is 2. The fraction of sp³-hybridized carbons (Fsp3) is 0. The van der Waals surface area contributed by atoms with Crippen LogP contribution in [0.1, 0.15) is 0 Å². The Bertz CT molecular complexity index is 1420. The van der Waals surface area contributed by atoms with Crippen molar-refractivity contribution in [3.8, 4) is 11.1 Å². The van der Waals surface area contributed by atoms with E-state index in [4.69, 9.17) is 0 Å². The molecule has 6 nitrogen and oxygen atoms in total. The van der Waals surface area contributed by atoms with E-state index in [2.05, 4.69) is 9.44 Å². The van der Waals surface area contributed by atoms with Crippen molar-refractivity contribution in [2.45, 2.75) is 9.79 Å². The second kappa shape index (κ2) is 8.86. The molecule has 0 aliphatic carbocycles. The topological polar surface area (TPSA) is 92.3 Å².